The number of hydrogen-bond acceptors (Lipinski definition) is 3. The first kappa shape index (κ1) is 14.7. The third-order valence-electron chi connectivity index (χ3n) is 3.06. The fraction of sp³-hybridized carbons (Fsp3) is 0.333. The van der Waals surface area contributed by atoms with E-state index in [-0.39, 0.29) is 10.5 Å². The van der Waals surface area contributed by atoms with Crippen LogP contribution in [0.4, 0.5) is 4.79 Å². The Labute approximate surface area is 123 Å². The molecule has 1 atom stereocenters. The monoisotopic (exact) mass is 289 g/mol. The van der Waals surface area contributed by atoms with Crippen LogP contribution in [0.25, 0.3) is 0 Å². The summed E-state index contributed by atoms with van der Waals surface area (Å²) in [6, 6.07) is 8.24. The van der Waals surface area contributed by atoms with Gasteiger partial charge in [-0.3, -0.25) is 4.79 Å². The van der Waals surface area contributed by atoms with Crippen LogP contribution >= 0.6 is 11.8 Å². The van der Waals surface area contributed by atoms with Gasteiger partial charge in [0.2, 0.25) is 0 Å². The summed E-state index contributed by atoms with van der Waals surface area (Å²) in [4.78, 5) is 18.0. The number of carbonyl (C=O) groups excluding carboxylic acids is 1. The van der Waals surface area contributed by atoms with Crippen LogP contribution in [0.1, 0.15) is 22.2 Å². The van der Waals surface area contributed by atoms with Gasteiger partial charge < -0.3 is 9.47 Å². The number of nitrogens with zero attached hydrogens (tertiary/aromatic N) is 3. The minimum absolute atomic E-state index is 0.0265. The Balaban J connectivity index is 2.36. The van der Waals surface area contributed by atoms with Gasteiger partial charge in [-0.1, -0.05) is 29.8 Å². The lowest BCUT2D eigenvalue weighted by Crippen LogP contribution is -2.19. The van der Waals surface area contributed by atoms with E-state index in [1.165, 1.54) is 17.3 Å². The number of aryl methyl sites for hydroxylation is 2. The van der Waals surface area contributed by atoms with E-state index >= 15 is 0 Å². The summed E-state index contributed by atoms with van der Waals surface area (Å²) in [5.74, 6) is 0.883. The summed E-state index contributed by atoms with van der Waals surface area (Å²) in [7, 11) is 5.48. The molecular weight excluding hydrogens is 270 g/mol. The SMILES string of the molecule is Cc1ccc(C(SC(=O)N(C)C)c2nccn2C)cc1. The third-order valence-corrected chi connectivity index (χ3v) is 4.34. The molecule has 0 saturated carbocycles. The van der Waals surface area contributed by atoms with E-state index in [2.05, 4.69) is 36.2 Å². The number of amides is 1. The van der Waals surface area contributed by atoms with Crippen molar-refractivity contribution in [1.29, 1.82) is 0 Å². The highest BCUT2D eigenvalue weighted by Gasteiger charge is 2.23. The summed E-state index contributed by atoms with van der Waals surface area (Å²) < 4.78 is 1.96. The van der Waals surface area contributed by atoms with Crippen molar-refractivity contribution in [3.05, 3.63) is 53.6 Å². The maximum Gasteiger partial charge on any atom is 0.282 e. The van der Waals surface area contributed by atoms with Crippen LogP contribution in [0, 0.1) is 6.92 Å². The number of thioether (sulfide) groups is 1. The number of imidazole rings is 1. The average molecular weight is 289 g/mol. The molecule has 1 heterocycles. The summed E-state index contributed by atoms with van der Waals surface area (Å²) in [5, 5.41) is -0.0657. The van der Waals surface area contributed by atoms with Crippen LogP contribution in [0.2, 0.25) is 0 Å². The van der Waals surface area contributed by atoms with Crippen molar-refractivity contribution < 1.29 is 4.79 Å². The molecule has 1 aromatic heterocycles. The summed E-state index contributed by atoms with van der Waals surface area (Å²) >= 11 is 1.29. The molecule has 0 aliphatic rings. The van der Waals surface area contributed by atoms with E-state index in [1.54, 1.807) is 25.2 Å². The van der Waals surface area contributed by atoms with Gasteiger partial charge >= 0.3 is 0 Å². The molecule has 1 amide bonds. The van der Waals surface area contributed by atoms with Gasteiger partial charge in [0.15, 0.2) is 0 Å². The molecule has 0 bridgehead atoms. The zero-order chi connectivity index (χ0) is 14.7. The van der Waals surface area contributed by atoms with Crippen LogP contribution in [0.3, 0.4) is 0 Å². The molecule has 1 aromatic carbocycles. The molecule has 0 aliphatic heterocycles. The smallest absolute Gasteiger partial charge is 0.282 e. The van der Waals surface area contributed by atoms with Crippen molar-refractivity contribution in [3.63, 3.8) is 0 Å². The molecule has 0 spiro atoms. The molecule has 0 fully saturated rings. The van der Waals surface area contributed by atoms with Crippen LogP contribution in [0.15, 0.2) is 36.7 Å². The quantitative estimate of drug-likeness (QED) is 0.870. The molecule has 2 rings (SSSR count). The first-order valence-electron chi connectivity index (χ1n) is 6.40. The molecule has 5 heteroatoms. The lowest BCUT2D eigenvalue weighted by Gasteiger charge is -2.18. The van der Waals surface area contributed by atoms with Crippen molar-refractivity contribution >= 4 is 17.0 Å². The lowest BCUT2D eigenvalue weighted by molar-refractivity contribution is 0.241. The second kappa shape index (κ2) is 6.13. The van der Waals surface area contributed by atoms with Gasteiger partial charge in [0.25, 0.3) is 5.24 Å². The highest BCUT2D eigenvalue weighted by atomic mass is 32.2. The van der Waals surface area contributed by atoms with E-state index in [0.29, 0.717) is 0 Å². The maximum atomic E-state index is 12.1. The highest BCUT2D eigenvalue weighted by molar-refractivity contribution is 8.13. The molecular formula is C15H19N3OS. The standard InChI is InChI=1S/C15H19N3OS/c1-11-5-7-12(8-6-11)13(20-15(19)17(2)3)14-16-9-10-18(14)4/h5-10,13H,1-4H3. The first-order valence-corrected chi connectivity index (χ1v) is 7.28. The first-order chi connectivity index (χ1) is 9.49. The topological polar surface area (TPSA) is 38.1 Å². The lowest BCUT2D eigenvalue weighted by atomic mass is 10.1. The zero-order valence-electron chi connectivity index (χ0n) is 12.2. The molecule has 0 aliphatic carbocycles. The van der Waals surface area contributed by atoms with Crippen molar-refractivity contribution in [1.82, 2.24) is 14.5 Å². The number of aromatic nitrogens is 2. The van der Waals surface area contributed by atoms with Gasteiger partial charge in [-0.2, -0.15) is 0 Å². The number of hydrogen-bond donors (Lipinski definition) is 0. The van der Waals surface area contributed by atoms with Gasteiger partial charge in [0.05, 0.1) is 5.25 Å². The van der Waals surface area contributed by atoms with Crippen LogP contribution in [-0.4, -0.2) is 33.8 Å². The molecule has 0 radical (unpaired) electrons. The predicted octanol–water partition coefficient (Wildman–Crippen LogP) is 3.23. The molecule has 1 unspecified atom stereocenters. The van der Waals surface area contributed by atoms with E-state index in [4.69, 9.17) is 0 Å². The van der Waals surface area contributed by atoms with Crippen molar-refractivity contribution in [3.8, 4) is 0 Å². The average Bonchev–Trinajstić information content (AvgIpc) is 2.83. The van der Waals surface area contributed by atoms with Gasteiger partial charge in [0, 0.05) is 33.5 Å². The minimum atomic E-state index is -0.0921. The van der Waals surface area contributed by atoms with Crippen LogP contribution in [-0.2, 0) is 7.05 Å². The normalized spacial score (nSPS) is 12.2. The second-order valence-electron chi connectivity index (χ2n) is 4.97. The summed E-state index contributed by atoms with van der Waals surface area (Å²) in [6.07, 6.45) is 3.66. The van der Waals surface area contributed by atoms with Gasteiger partial charge in [-0.15, -0.1) is 0 Å². The van der Waals surface area contributed by atoms with E-state index in [1.807, 2.05) is 17.8 Å². The predicted molar refractivity (Wildman–Crippen MR) is 82.9 cm³/mol. The number of carbonyl (C=O) groups is 1. The summed E-state index contributed by atoms with van der Waals surface area (Å²) in [6.45, 7) is 2.05. The fourth-order valence-corrected chi connectivity index (χ4v) is 2.89. The second-order valence-corrected chi connectivity index (χ2v) is 6.02. The van der Waals surface area contributed by atoms with Crippen molar-refractivity contribution in [2.45, 2.75) is 12.2 Å². The van der Waals surface area contributed by atoms with Crippen molar-refractivity contribution in [2.24, 2.45) is 7.05 Å². The maximum absolute atomic E-state index is 12.1. The Kier molecular flexibility index (Phi) is 4.49. The molecule has 4 nitrogen and oxygen atoms in total. The van der Waals surface area contributed by atoms with E-state index in [9.17, 15) is 4.79 Å². The summed E-state index contributed by atoms with van der Waals surface area (Å²) in [5.41, 5.74) is 2.29. The van der Waals surface area contributed by atoms with Crippen LogP contribution < -0.4 is 0 Å². The highest BCUT2D eigenvalue weighted by Crippen LogP contribution is 2.35. The van der Waals surface area contributed by atoms with Crippen LogP contribution in [0.5, 0.6) is 0 Å². The van der Waals surface area contributed by atoms with E-state index in [0.717, 1.165) is 11.4 Å². The Bertz CT molecular complexity index is 589. The Hall–Kier alpha value is -1.75. The van der Waals surface area contributed by atoms with Gasteiger partial charge in [-0.25, -0.2) is 4.98 Å². The largest absolute Gasteiger partial charge is 0.340 e. The number of benzene rings is 1. The van der Waals surface area contributed by atoms with E-state index < -0.39 is 0 Å². The Morgan fingerprint density at radius 3 is 2.45 bits per heavy atom. The zero-order valence-corrected chi connectivity index (χ0v) is 13.0. The third kappa shape index (κ3) is 3.22. The Morgan fingerprint density at radius 2 is 1.95 bits per heavy atom. The minimum Gasteiger partial charge on any atom is -0.340 e. The fourth-order valence-electron chi connectivity index (χ4n) is 1.85. The Morgan fingerprint density at radius 1 is 1.30 bits per heavy atom. The van der Waals surface area contributed by atoms with Crippen molar-refractivity contribution in [2.75, 3.05) is 14.1 Å². The molecule has 2 aromatic rings. The van der Waals surface area contributed by atoms with Gasteiger partial charge in [0.1, 0.15) is 5.82 Å². The van der Waals surface area contributed by atoms with Gasteiger partial charge in [-0.05, 0) is 24.2 Å². The molecule has 20 heavy (non-hydrogen) atoms. The molecule has 106 valence electrons. The number of rotatable bonds is 3. The molecule has 0 saturated heterocycles. The molecule has 0 N–H and O–H groups in total.